The third-order valence-corrected chi connectivity index (χ3v) is 5.77. The molecule has 0 aliphatic heterocycles. The van der Waals surface area contributed by atoms with E-state index in [2.05, 4.69) is 32.6 Å². The second kappa shape index (κ2) is 12.5. The first kappa shape index (κ1) is 24.1. The van der Waals surface area contributed by atoms with Gasteiger partial charge in [0.25, 0.3) is 5.92 Å². The summed E-state index contributed by atoms with van der Waals surface area (Å²) in [6, 6.07) is 2.52. The summed E-state index contributed by atoms with van der Waals surface area (Å²) in [5, 5.41) is 11.3. The van der Waals surface area contributed by atoms with Gasteiger partial charge in [-0.2, -0.15) is 0 Å². The molecule has 0 bridgehead atoms. The molecule has 0 saturated carbocycles. The number of anilines is 2. The number of hydrogen-bond donors (Lipinski definition) is 4. The minimum absolute atomic E-state index is 0.138. The number of thiazole rings is 1. The second-order valence-corrected chi connectivity index (χ2v) is 8.41. The van der Waals surface area contributed by atoms with E-state index in [1.54, 1.807) is 11.6 Å². The van der Waals surface area contributed by atoms with Crippen LogP contribution in [0.4, 0.5) is 24.0 Å². The summed E-state index contributed by atoms with van der Waals surface area (Å²) < 4.78 is 45.3. The van der Waals surface area contributed by atoms with E-state index in [9.17, 15) is 13.2 Å². The van der Waals surface area contributed by atoms with Crippen molar-refractivity contribution in [1.29, 1.82) is 0 Å². The maximum Gasteiger partial charge on any atom is 0.266 e. The van der Waals surface area contributed by atoms with Gasteiger partial charge in [-0.1, -0.05) is 18.5 Å². The molecule has 1 aromatic carbocycles. The first-order valence-corrected chi connectivity index (χ1v) is 11.3. The van der Waals surface area contributed by atoms with Crippen LogP contribution in [0.1, 0.15) is 19.8 Å². The number of aromatic nitrogens is 1. The molecule has 0 saturated heterocycles. The largest absolute Gasteiger partial charge is 0.378 e. The van der Waals surface area contributed by atoms with Gasteiger partial charge in [0.15, 0.2) is 5.13 Å². The Morgan fingerprint density at radius 3 is 2.62 bits per heavy atom. The summed E-state index contributed by atoms with van der Waals surface area (Å²) in [6.45, 7) is 3.94. The van der Waals surface area contributed by atoms with Gasteiger partial charge in [0.05, 0.1) is 22.2 Å². The fraction of sp³-hybridized carbons (Fsp3) is 0.500. The van der Waals surface area contributed by atoms with Crippen molar-refractivity contribution in [2.75, 3.05) is 42.8 Å². The molecular weight excluding hydrogens is 443 g/mol. The number of halogens is 4. The topological polar surface area (TPSA) is 61.0 Å². The van der Waals surface area contributed by atoms with Gasteiger partial charge < -0.3 is 20.7 Å². The normalized spacial score (nSPS) is 11.6. The Bertz CT molecular complexity index is 735. The van der Waals surface area contributed by atoms with Crippen LogP contribution in [0.3, 0.4) is 0 Å². The van der Waals surface area contributed by atoms with E-state index in [-0.39, 0.29) is 28.6 Å². The zero-order chi connectivity index (χ0) is 21.1. The summed E-state index contributed by atoms with van der Waals surface area (Å²) in [5.74, 6) is -3.50. The molecule has 0 spiro atoms. The minimum Gasteiger partial charge on any atom is -0.378 e. The molecular formula is C18H25ClF3N5S2. The van der Waals surface area contributed by atoms with E-state index < -0.39 is 18.3 Å². The molecule has 0 aliphatic carbocycles. The van der Waals surface area contributed by atoms with Crippen molar-refractivity contribution in [2.24, 2.45) is 0 Å². The van der Waals surface area contributed by atoms with E-state index in [1.165, 1.54) is 17.4 Å². The minimum atomic E-state index is -2.94. The molecule has 5 nitrogen and oxygen atoms in total. The summed E-state index contributed by atoms with van der Waals surface area (Å²) in [7, 11) is 0. The molecule has 4 N–H and O–H groups in total. The molecule has 2 aromatic rings. The average Bonchev–Trinajstić information content (AvgIpc) is 3.20. The predicted octanol–water partition coefficient (Wildman–Crippen LogP) is 5.08. The molecule has 0 unspecified atom stereocenters. The SMILES string of the molecule is CCCNCCNCCC(F)(F)CNc1cc(F)c(SNc2nccs2)cc1Cl. The van der Waals surface area contributed by atoms with E-state index in [0.29, 0.717) is 11.7 Å². The molecule has 0 atom stereocenters. The fourth-order valence-corrected chi connectivity index (χ4v) is 3.87. The number of nitrogens with one attached hydrogen (secondary N) is 4. The van der Waals surface area contributed by atoms with Crippen LogP contribution in [0.2, 0.25) is 5.02 Å². The predicted molar refractivity (Wildman–Crippen MR) is 117 cm³/mol. The molecule has 162 valence electrons. The fourth-order valence-electron chi connectivity index (χ4n) is 2.30. The van der Waals surface area contributed by atoms with Gasteiger partial charge in [-0.05, 0) is 37.0 Å². The van der Waals surface area contributed by atoms with Crippen molar-refractivity contribution in [2.45, 2.75) is 30.6 Å². The maximum absolute atomic E-state index is 14.3. The summed E-state index contributed by atoms with van der Waals surface area (Å²) in [5.41, 5.74) is 0.138. The van der Waals surface area contributed by atoms with Gasteiger partial charge in [-0.3, -0.25) is 0 Å². The van der Waals surface area contributed by atoms with E-state index in [1.807, 2.05) is 0 Å². The maximum atomic E-state index is 14.3. The van der Waals surface area contributed by atoms with Crippen LogP contribution >= 0.6 is 34.9 Å². The number of benzene rings is 1. The Hall–Kier alpha value is -1.20. The lowest BCUT2D eigenvalue weighted by Gasteiger charge is -2.19. The van der Waals surface area contributed by atoms with Crippen LogP contribution in [0.25, 0.3) is 0 Å². The highest BCUT2D eigenvalue weighted by molar-refractivity contribution is 8.00. The monoisotopic (exact) mass is 467 g/mol. The third-order valence-electron chi connectivity index (χ3n) is 3.81. The smallest absolute Gasteiger partial charge is 0.266 e. The van der Waals surface area contributed by atoms with Crippen molar-refractivity contribution >= 4 is 45.7 Å². The van der Waals surface area contributed by atoms with Crippen molar-refractivity contribution in [3.05, 3.63) is 34.5 Å². The van der Waals surface area contributed by atoms with E-state index in [4.69, 9.17) is 11.6 Å². The highest BCUT2D eigenvalue weighted by atomic mass is 35.5. The molecule has 0 amide bonds. The van der Waals surface area contributed by atoms with Crippen molar-refractivity contribution in [3.63, 3.8) is 0 Å². The van der Waals surface area contributed by atoms with Crippen molar-refractivity contribution < 1.29 is 13.2 Å². The van der Waals surface area contributed by atoms with E-state index in [0.717, 1.165) is 37.5 Å². The quantitative estimate of drug-likeness (QED) is 0.229. The zero-order valence-electron chi connectivity index (χ0n) is 16.0. The lowest BCUT2D eigenvalue weighted by atomic mass is 10.2. The highest BCUT2D eigenvalue weighted by Gasteiger charge is 2.28. The molecule has 1 heterocycles. The first-order valence-electron chi connectivity index (χ1n) is 9.26. The zero-order valence-corrected chi connectivity index (χ0v) is 18.4. The average molecular weight is 468 g/mol. The highest BCUT2D eigenvalue weighted by Crippen LogP contribution is 2.32. The first-order chi connectivity index (χ1) is 13.9. The van der Waals surface area contributed by atoms with Gasteiger partial charge in [-0.15, -0.1) is 11.3 Å². The molecule has 0 radical (unpaired) electrons. The number of nitrogens with zero attached hydrogens (tertiary/aromatic N) is 1. The van der Waals surface area contributed by atoms with Gasteiger partial charge in [0.2, 0.25) is 0 Å². The lowest BCUT2D eigenvalue weighted by Crippen LogP contribution is -2.34. The molecule has 11 heteroatoms. The van der Waals surface area contributed by atoms with Crippen LogP contribution in [0.15, 0.2) is 28.6 Å². The molecule has 0 aliphatic rings. The van der Waals surface area contributed by atoms with Crippen LogP contribution in [0, 0.1) is 5.82 Å². The Kier molecular flexibility index (Phi) is 10.4. The van der Waals surface area contributed by atoms with Crippen molar-refractivity contribution in [3.8, 4) is 0 Å². The molecule has 2 rings (SSSR count). The lowest BCUT2D eigenvalue weighted by molar-refractivity contribution is 0.00709. The summed E-state index contributed by atoms with van der Waals surface area (Å²) >= 11 is 8.53. The van der Waals surface area contributed by atoms with Crippen LogP contribution in [0.5, 0.6) is 0 Å². The van der Waals surface area contributed by atoms with Crippen LogP contribution in [-0.4, -0.2) is 43.6 Å². The van der Waals surface area contributed by atoms with Crippen molar-refractivity contribution in [1.82, 2.24) is 15.6 Å². The Labute approximate surface area is 182 Å². The number of rotatable bonds is 14. The van der Waals surface area contributed by atoms with E-state index >= 15 is 0 Å². The standard InChI is InChI=1S/C18H25ClF3N5S2/c1-2-4-23-6-7-24-5-3-18(21,22)12-26-15-11-14(20)16(10-13(15)19)29-27-17-25-8-9-28-17/h8-11,23-24,26H,2-7,12H2,1H3,(H,25,27). The Balaban J connectivity index is 1.77. The number of hydrogen-bond acceptors (Lipinski definition) is 7. The van der Waals surface area contributed by atoms with Crippen LogP contribution in [-0.2, 0) is 0 Å². The molecule has 29 heavy (non-hydrogen) atoms. The number of alkyl halides is 2. The van der Waals surface area contributed by atoms with Gasteiger partial charge in [-0.25, -0.2) is 18.2 Å². The summed E-state index contributed by atoms with van der Waals surface area (Å²) in [6.07, 6.45) is 2.34. The Morgan fingerprint density at radius 2 is 1.93 bits per heavy atom. The van der Waals surface area contributed by atoms with Gasteiger partial charge in [0.1, 0.15) is 5.82 Å². The summed E-state index contributed by atoms with van der Waals surface area (Å²) in [4.78, 5) is 4.29. The third kappa shape index (κ3) is 9.00. The Morgan fingerprint density at radius 1 is 1.17 bits per heavy atom. The van der Waals surface area contributed by atoms with Gasteiger partial charge >= 0.3 is 0 Å². The van der Waals surface area contributed by atoms with Gasteiger partial charge in [0, 0.05) is 37.6 Å². The van der Waals surface area contributed by atoms with Crippen LogP contribution < -0.4 is 20.7 Å². The molecule has 1 aromatic heterocycles. The second-order valence-electron chi connectivity index (χ2n) is 6.26. The molecule has 0 fully saturated rings.